The molecule has 0 aliphatic rings. The SMILES string of the molecule is O=C(OCCOCCO)C(F)(F)C(F)(F)F. The van der Waals surface area contributed by atoms with Gasteiger partial charge in [0.25, 0.3) is 0 Å². The fourth-order valence-corrected chi connectivity index (χ4v) is 0.566. The third-order valence-electron chi connectivity index (χ3n) is 1.31. The Morgan fingerprint density at radius 3 is 2.06 bits per heavy atom. The van der Waals surface area contributed by atoms with E-state index in [0.717, 1.165) is 0 Å². The fourth-order valence-electron chi connectivity index (χ4n) is 0.566. The van der Waals surface area contributed by atoms with Gasteiger partial charge in [0.2, 0.25) is 0 Å². The standard InChI is InChI=1S/C7H9F5O4/c8-6(9,7(10,11)12)5(14)16-4-3-15-2-1-13/h13H,1-4H2. The molecule has 0 amide bonds. The second kappa shape index (κ2) is 5.94. The largest absolute Gasteiger partial charge is 0.465 e. The maximum absolute atomic E-state index is 12.2. The number of alkyl halides is 5. The van der Waals surface area contributed by atoms with Gasteiger partial charge in [-0.25, -0.2) is 4.79 Å². The number of hydrogen-bond acceptors (Lipinski definition) is 4. The molecule has 0 aromatic heterocycles. The highest BCUT2D eigenvalue weighted by molar-refractivity contribution is 5.78. The number of carbonyl (C=O) groups excluding carboxylic acids is 1. The van der Waals surface area contributed by atoms with Crippen molar-refractivity contribution >= 4 is 5.97 Å². The summed E-state index contributed by atoms with van der Waals surface area (Å²) in [6.07, 6.45) is -5.98. The van der Waals surface area contributed by atoms with Crippen molar-refractivity contribution in [2.24, 2.45) is 0 Å². The van der Waals surface area contributed by atoms with E-state index in [9.17, 15) is 26.7 Å². The van der Waals surface area contributed by atoms with Crippen LogP contribution in [0.15, 0.2) is 0 Å². The molecular formula is C7H9F5O4. The molecule has 0 saturated carbocycles. The van der Waals surface area contributed by atoms with E-state index >= 15 is 0 Å². The highest BCUT2D eigenvalue weighted by Crippen LogP contribution is 2.36. The highest BCUT2D eigenvalue weighted by Gasteiger charge is 2.64. The predicted octanol–water partition coefficient (Wildman–Crippen LogP) is 0.736. The zero-order valence-electron chi connectivity index (χ0n) is 7.89. The lowest BCUT2D eigenvalue weighted by atomic mass is 10.3. The Bertz CT molecular complexity index is 227. The molecule has 0 unspecified atom stereocenters. The maximum Gasteiger partial charge on any atom is 0.465 e. The van der Waals surface area contributed by atoms with Gasteiger partial charge in [-0.15, -0.1) is 0 Å². The minimum Gasteiger partial charge on any atom is -0.459 e. The Kier molecular flexibility index (Phi) is 5.59. The molecule has 96 valence electrons. The maximum atomic E-state index is 12.2. The quantitative estimate of drug-likeness (QED) is 0.430. The Morgan fingerprint density at radius 2 is 1.62 bits per heavy atom. The summed E-state index contributed by atoms with van der Waals surface area (Å²) < 4.78 is 67.4. The number of esters is 1. The van der Waals surface area contributed by atoms with Gasteiger partial charge < -0.3 is 14.6 Å². The van der Waals surface area contributed by atoms with Crippen LogP contribution >= 0.6 is 0 Å². The smallest absolute Gasteiger partial charge is 0.459 e. The molecule has 0 heterocycles. The van der Waals surface area contributed by atoms with Gasteiger partial charge >= 0.3 is 18.1 Å². The number of hydrogen-bond donors (Lipinski definition) is 1. The third kappa shape index (κ3) is 4.27. The third-order valence-corrected chi connectivity index (χ3v) is 1.31. The minimum absolute atomic E-state index is 0.132. The molecule has 0 atom stereocenters. The van der Waals surface area contributed by atoms with Gasteiger partial charge in [0, 0.05) is 0 Å². The van der Waals surface area contributed by atoms with E-state index in [2.05, 4.69) is 9.47 Å². The average Bonchev–Trinajstić information content (AvgIpc) is 2.15. The molecule has 9 heteroatoms. The molecule has 0 fully saturated rings. The summed E-state index contributed by atoms with van der Waals surface area (Å²) >= 11 is 0. The van der Waals surface area contributed by atoms with Crippen LogP contribution in [0.4, 0.5) is 22.0 Å². The normalized spacial score (nSPS) is 12.6. The van der Waals surface area contributed by atoms with Crippen LogP contribution < -0.4 is 0 Å². The summed E-state index contributed by atoms with van der Waals surface area (Å²) in [4.78, 5) is 10.3. The monoisotopic (exact) mass is 252 g/mol. The van der Waals surface area contributed by atoms with E-state index in [0.29, 0.717) is 0 Å². The van der Waals surface area contributed by atoms with E-state index in [1.807, 2.05) is 0 Å². The van der Waals surface area contributed by atoms with E-state index < -0.39 is 24.7 Å². The van der Waals surface area contributed by atoms with Gasteiger partial charge in [-0.3, -0.25) is 0 Å². The van der Waals surface area contributed by atoms with Gasteiger partial charge in [0.1, 0.15) is 6.61 Å². The number of aliphatic hydroxyl groups is 1. The van der Waals surface area contributed by atoms with Crippen LogP contribution in [0.2, 0.25) is 0 Å². The van der Waals surface area contributed by atoms with Crippen molar-refractivity contribution in [3.63, 3.8) is 0 Å². The van der Waals surface area contributed by atoms with Gasteiger partial charge in [-0.1, -0.05) is 0 Å². The fraction of sp³-hybridized carbons (Fsp3) is 0.857. The van der Waals surface area contributed by atoms with Crippen molar-refractivity contribution in [2.45, 2.75) is 12.1 Å². The van der Waals surface area contributed by atoms with Gasteiger partial charge in [0.05, 0.1) is 19.8 Å². The molecule has 4 nitrogen and oxygen atoms in total. The molecule has 0 radical (unpaired) electrons. The second-order valence-electron chi connectivity index (χ2n) is 2.54. The molecule has 0 rings (SSSR count). The minimum atomic E-state index is -5.98. The van der Waals surface area contributed by atoms with E-state index in [1.54, 1.807) is 0 Å². The lowest BCUT2D eigenvalue weighted by Gasteiger charge is -2.17. The first-order chi connectivity index (χ1) is 7.23. The van der Waals surface area contributed by atoms with Gasteiger partial charge in [0.15, 0.2) is 0 Å². The summed E-state index contributed by atoms with van der Waals surface area (Å²) in [5, 5.41) is 8.21. The first kappa shape index (κ1) is 15.0. The Hall–Kier alpha value is -0.960. The van der Waals surface area contributed by atoms with Crippen LogP contribution in [0.3, 0.4) is 0 Å². The molecule has 0 aromatic carbocycles. The van der Waals surface area contributed by atoms with Gasteiger partial charge in [-0.2, -0.15) is 22.0 Å². The van der Waals surface area contributed by atoms with Crippen LogP contribution in [0.5, 0.6) is 0 Å². The van der Waals surface area contributed by atoms with Crippen LogP contribution in [-0.4, -0.2) is 49.6 Å². The topological polar surface area (TPSA) is 55.8 Å². The van der Waals surface area contributed by atoms with Gasteiger partial charge in [-0.05, 0) is 0 Å². The van der Waals surface area contributed by atoms with Crippen LogP contribution in [0.1, 0.15) is 0 Å². The summed E-state index contributed by atoms with van der Waals surface area (Å²) in [5.74, 6) is -8.20. The molecule has 0 aromatic rings. The van der Waals surface area contributed by atoms with Crippen LogP contribution in [0.25, 0.3) is 0 Å². The van der Waals surface area contributed by atoms with Crippen LogP contribution in [-0.2, 0) is 14.3 Å². The average molecular weight is 252 g/mol. The van der Waals surface area contributed by atoms with Crippen molar-refractivity contribution in [3.05, 3.63) is 0 Å². The van der Waals surface area contributed by atoms with Crippen molar-refractivity contribution < 1.29 is 41.3 Å². The summed E-state index contributed by atoms with van der Waals surface area (Å²) in [6.45, 7) is -1.59. The molecule has 0 saturated heterocycles. The number of aliphatic hydroxyl groups excluding tert-OH is 1. The first-order valence-electron chi connectivity index (χ1n) is 4.04. The number of carbonyl (C=O) groups is 1. The second-order valence-corrected chi connectivity index (χ2v) is 2.54. The summed E-state index contributed by atoms with van der Waals surface area (Å²) in [6, 6.07) is 0. The number of halogens is 5. The van der Waals surface area contributed by atoms with Crippen molar-refractivity contribution in [2.75, 3.05) is 26.4 Å². The highest BCUT2D eigenvalue weighted by atomic mass is 19.4. The zero-order chi connectivity index (χ0) is 12.8. The predicted molar refractivity (Wildman–Crippen MR) is 39.9 cm³/mol. The first-order valence-corrected chi connectivity index (χ1v) is 4.04. The molecule has 1 N–H and O–H groups in total. The lowest BCUT2D eigenvalue weighted by Crippen LogP contribution is -2.45. The molecule has 0 spiro atoms. The molecule has 0 aliphatic heterocycles. The van der Waals surface area contributed by atoms with Crippen LogP contribution in [0, 0.1) is 0 Å². The molecule has 0 bridgehead atoms. The Balaban J connectivity index is 3.98. The lowest BCUT2D eigenvalue weighted by molar-refractivity contribution is -0.280. The Morgan fingerprint density at radius 1 is 1.06 bits per heavy atom. The van der Waals surface area contributed by atoms with Crippen molar-refractivity contribution in [1.29, 1.82) is 0 Å². The van der Waals surface area contributed by atoms with Crippen molar-refractivity contribution in [1.82, 2.24) is 0 Å². The Labute approximate surface area is 86.9 Å². The van der Waals surface area contributed by atoms with Crippen molar-refractivity contribution in [3.8, 4) is 0 Å². The molecule has 0 aliphatic carbocycles. The van der Waals surface area contributed by atoms with E-state index in [1.165, 1.54) is 0 Å². The summed E-state index contributed by atoms with van der Waals surface area (Å²) in [7, 11) is 0. The number of ether oxygens (including phenoxy) is 2. The number of rotatable bonds is 6. The molecule has 16 heavy (non-hydrogen) atoms. The summed E-state index contributed by atoms with van der Waals surface area (Å²) in [5.41, 5.74) is 0. The van der Waals surface area contributed by atoms with E-state index in [4.69, 9.17) is 5.11 Å². The van der Waals surface area contributed by atoms with E-state index in [-0.39, 0.29) is 19.8 Å². The molecular weight excluding hydrogens is 243 g/mol. The zero-order valence-corrected chi connectivity index (χ0v) is 7.89.